The van der Waals surface area contributed by atoms with Crippen LogP contribution in [0.2, 0.25) is 0 Å². The Hall–Kier alpha value is -2.14. The lowest BCUT2D eigenvalue weighted by atomic mass is 10.2. The molecular weight excluding hydrogens is 334 g/mol. The third-order valence-electron chi connectivity index (χ3n) is 2.68. The van der Waals surface area contributed by atoms with Crippen molar-refractivity contribution < 1.29 is 14.3 Å². The van der Waals surface area contributed by atoms with Crippen LogP contribution in [0, 0.1) is 0 Å². The molecule has 0 radical (unpaired) electrons. The van der Waals surface area contributed by atoms with Crippen molar-refractivity contribution in [3.8, 4) is 11.6 Å². The first kappa shape index (κ1) is 15.3. The van der Waals surface area contributed by atoms with E-state index in [2.05, 4.69) is 20.9 Å². The quantitative estimate of drug-likeness (QED) is 0.468. The lowest BCUT2D eigenvalue weighted by Crippen LogP contribution is -2.05. The SMILES string of the molecule is COC(=O)/C(=C/c1cccnc1Oc1ccccc1)CBr. The van der Waals surface area contributed by atoms with Crippen LogP contribution in [-0.2, 0) is 9.53 Å². The zero-order valence-corrected chi connectivity index (χ0v) is 13.0. The van der Waals surface area contributed by atoms with E-state index in [0.29, 0.717) is 28.1 Å². The van der Waals surface area contributed by atoms with Crippen LogP contribution in [0.3, 0.4) is 0 Å². The predicted octanol–water partition coefficient (Wildman–Crippen LogP) is 3.83. The van der Waals surface area contributed by atoms with E-state index >= 15 is 0 Å². The van der Waals surface area contributed by atoms with Crippen LogP contribution >= 0.6 is 15.9 Å². The molecule has 0 aliphatic carbocycles. The highest BCUT2D eigenvalue weighted by molar-refractivity contribution is 9.09. The van der Waals surface area contributed by atoms with Crippen LogP contribution in [0.4, 0.5) is 0 Å². The minimum atomic E-state index is -0.388. The summed E-state index contributed by atoms with van der Waals surface area (Å²) in [6, 6.07) is 13.0. The van der Waals surface area contributed by atoms with E-state index in [0.717, 1.165) is 0 Å². The number of methoxy groups -OCH3 is 1. The number of carbonyl (C=O) groups excluding carboxylic acids is 1. The second-order valence-electron chi connectivity index (χ2n) is 4.11. The van der Waals surface area contributed by atoms with Crippen LogP contribution in [0.5, 0.6) is 11.6 Å². The standard InChI is InChI=1S/C16H14BrNO3/c1-20-16(19)13(11-17)10-12-6-5-9-18-15(12)21-14-7-3-2-4-8-14/h2-10H,11H2,1H3/b13-10+. The molecule has 0 fully saturated rings. The van der Waals surface area contributed by atoms with Crippen LogP contribution < -0.4 is 4.74 Å². The Kier molecular flexibility index (Phi) is 5.51. The van der Waals surface area contributed by atoms with Gasteiger partial charge in [-0.2, -0.15) is 0 Å². The predicted molar refractivity (Wildman–Crippen MR) is 84.5 cm³/mol. The van der Waals surface area contributed by atoms with Crippen molar-refractivity contribution in [1.29, 1.82) is 0 Å². The van der Waals surface area contributed by atoms with E-state index in [4.69, 9.17) is 9.47 Å². The lowest BCUT2D eigenvalue weighted by molar-refractivity contribution is -0.135. The van der Waals surface area contributed by atoms with E-state index < -0.39 is 0 Å². The number of halogens is 1. The summed E-state index contributed by atoms with van der Waals surface area (Å²) in [6.45, 7) is 0. The van der Waals surface area contributed by atoms with Crippen molar-refractivity contribution >= 4 is 28.0 Å². The molecule has 1 aromatic carbocycles. The van der Waals surface area contributed by atoms with Gasteiger partial charge in [0.15, 0.2) is 0 Å². The van der Waals surface area contributed by atoms with Crippen LogP contribution in [0.1, 0.15) is 5.56 Å². The third-order valence-corrected chi connectivity index (χ3v) is 3.28. The first-order chi connectivity index (χ1) is 10.2. The summed E-state index contributed by atoms with van der Waals surface area (Å²) < 4.78 is 10.5. The molecule has 0 amide bonds. The molecule has 21 heavy (non-hydrogen) atoms. The van der Waals surface area contributed by atoms with Gasteiger partial charge in [-0.1, -0.05) is 34.1 Å². The van der Waals surface area contributed by atoms with Gasteiger partial charge >= 0.3 is 5.97 Å². The highest BCUT2D eigenvalue weighted by Crippen LogP contribution is 2.24. The number of esters is 1. The van der Waals surface area contributed by atoms with Gasteiger partial charge in [-0.15, -0.1) is 0 Å². The molecule has 0 saturated heterocycles. The number of para-hydroxylation sites is 1. The first-order valence-corrected chi connectivity index (χ1v) is 7.39. The molecule has 0 unspecified atom stereocenters. The Morgan fingerprint density at radius 2 is 2.00 bits per heavy atom. The Morgan fingerprint density at radius 3 is 2.67 bits per heavy atom. The lowest BCUT2D eigenvalue weighted by Gasteiger charge is -2.08. The molecule has 0 atom stereocenters. The summed E-state index contributed by atoms with van der Waals surface area (Å²) in [5.74, 6) is 0.733. The van der Waals surface area contributed by atoms with E-state index in [-0.39, 0.29) is 5.97 Å². The van der Waals surface area contributed by atoms with E-state index in [1.54, 1.807) is 18.3 Å². The summed E-state index contributed by atoms with van der Waals surface area (Å²) in [7, 11) is 1.35. The Balaban J connectivity index is 2.32. The summed E-state index contributed by atoms with van der Waals surface area (Å²) in [5.41, 5.74) is 1.20. The average molecular weight is 348 g/mol. The van der Waals surface area contributed by atoms with Crippen LogP contribution in [0.15, 0.2) is 54.2 Å². The molecule has 0 bridgehead atoms. The van der Waals surface area contributed by atoms with Gasteiger partial charge in [0.1, 0.15) is 5.75 Å². The van der Waals surface area contributed by atoms with Gasteiger partial charge in [-0.3, -0.25) is 0 Å². The maximum absolute atomic E-state index is 11.6. The number of benzene rings is 1. The van der Waals surface area contributed by atoms with Gasteiger partial charge < -0.3 is 9.47 Å². The third kappa shape index (κ3) is 4.16. The molecule has 2 aromatic rings. The maximum Gasteiger partial charge on any atom is 0.334 e. The van der Waals surface area contributed by atoms with Crippen molar-refractivity contribution in [2.45, 2.75) is 0 Å². The largest absolute Gasteiger partial charge is 0.466 e. The number of carbonyl (C=O) groups is 1. The fourth-order valence-electron chi connectivity index (χ4n) is 1.67. The summed E-state index contributed by atoms with van der Waals surface area (Å²) >= 11 is 3.28. The van der Waals surface area contributed by atoms with Crippen molar-refractivity contribution in [2.24, 2.45) is 0 Å². The molecule has 0 spiro atoms. The molecule has 2 rings (SSSR count). The van der Waals surface area contributed by atoms with Crippen LogP contribution in [0.25, 0.3) is 6.08 Å². The second-order valence-corrected chi connectivity index (χ2v) is 4.67. The van der Waals surface area contributed by atoms with Gasteiger partial charge in [0, 0.05) is 22.7 Å². The van der Waals surface area contributed by atoms with Crippen LogP contribution in [-0.4, -0.2) is 23.4 Å². The zero-order chi connectivity index (χ0) is 15.1. The van der Waals surface area contributed by atoms with Crippen molar-refractivity contribution in [2.75, 3.05) is 12.4 Å². The second kappa shape index (κ2) is 7.59. The van der Waals surface area contributed by atoms with Crippen molar-refractivity contribution in [1.82, 2.24) is 4.98 Å². The number of nitrogens with zero attached hydrogens (tertiary/aromatic N) is 1. The number of pyridine rings is 1. The topological polar surface area (TPSA) is 48.4 Å². The van der Waals surface area contributed by atoms with Gasteiger partial charge in [-0.05, 0) is 30.3 Å². The summed E-state index contributed by atoms with van der Waals surface area (Å²) in [5, 5.41) is 0.388. The van der Waals surface area contributed by atoms with Crippen molar-refractivity contribution in [3.05, 3.63) is 59.8 Å². The highest BCUT2D eigenvalue weighted by Gasteiger charge is 2.11. The number of ether oxygens (including phenoxy) is 2. The van der Waals surface area contributed by atoms with E-state index in [1.165, 1.54) is 7.11 Å². The molecule has 1 heterocycles. The van der Waals surface area contributed by atoms with Gasteiger partial charge in [0.05, 0.1) is 7.11 Å². The number of aromatic nitrogens is 1. The average Bonchev–Trinajstić information content (AvgIpc) is 2.54. The molecule has 4 nitrogen and oxygen atoms in total. The summed E-state index contributed by atoms with van der Waals surface area (Å²) in [4.78, 5) is 15.8. The molecule has 0 saturated carbocycles. The van der Waals surface area contributed by atoms with E-state index in [1.807, 2.05) is 36.4 Å². The molecule has 0 aliphatic heterocycles. The first-order valence-electron chi connectivity index (χ1n) is 6.27. The molecule has 0 N–H and O–H groups in total. The normalized spacial score (nSPS) is 11.0. The number of alkyl halides is 1. The molecule has 1 aromatic heterocycles. The number of hydrogen-bond acceptors (Lipinski definition) is 4. The Bertz CT molecular complexity index is 641. The van der Waals surface area contributed by atoms with E-state index in [9.17, 15) is 4.79 Å². The monoisotopic (exact) mass is 347 g/mol. The zero-order valence-electron chi connectivity index (χ0n) is 11.5. The minimum absolute atomic E-state index is 0.388. The van der Waals surface area contributed by atoms with Gasteiger partial charge in [0.25, 0.3) is 0 Å². The Labute approximate surface area is 131 Å². The molecular formula is C16H14BrNO3. The van der Waals surface area contributed by atoms with Gasteiger partial charge in [0.2, 0.25) is 5.88 Å². The molecule has 0 aliphatic rings. The molecule has 108 valence electrons. The molecule has 5 heteroatoms. The smallest absolute Gasteiger partial charge is 0.334 e. The van der Waals surface area contributed by atoms with Gasteiger partial charge in [-0.25, -0.2) is 9.78 Å². The highest BCUT2D eigenvalue weighted by atomic mass is 79.9. The number of rotatable bonds is 5. The fourth-order valence-corrected chi connectivity index (χ4v) is 2.06. The van der Waals surface area contributed by atoms with Crippen molar-refractivity contribution in [3.63, 3.8) is 0 Å². The number of hydrogen-bond donors (Lipinski definition) is 0. The Morgan fingerprint density at radius 1 is 1.24 bits per heavy atom. The minimum Gasteiger partial charge on any atom is -0.466 e. The fraction of sp³-hybridized carbons (Fsp3) is 0.125. The maximum atomic E-state index is 11.6. The summed E-state index contributed by atoms with van der Waals surface area (Å²) in [6.07, 6.45) is 3.34.